The molecular weight excluding hydrogens is 318 g/mol. The van der Waals surface area contributed by atoms with Crippen molar-refractivity contribution < 1.29 is 0 Å². The predicted molar refractivity (Wildman–Crippen MR) is 99.7 cm³/mol. The van der Waals surface area contributed by atoms with E-state index in [1.165, 1.54) is 0 Å². The number of aromatic nitrogens is 1. The summed E-state index contributed by atoms with van der Waals surface area (Å²) >= 11 is 4.74. The number of para-hydroxylation sites is 1. The van der Waals surface area contributed by atoms with Gasteiger partial charge in [-0.25, -0.2) is 0 Å². The van der Waals surface area contributed by atoms with Gasteiger partial charge in [0.1, 0.15) is 0 Å². The van der Waals surface area contributed by atoms with E-state index in [0.717, 1.165) is 22.0 Å². The number of benzene rings is 2. The molecule has 1 heterocycles. The first-order valence-corrected chi connectivity index (χ1v) is 7.74. The molecule has 3 aromatic rings. The number of nitriles is 1. The van der Waals surface area contributed by atoms with Crippen LogP contribution in [0.15, 0.2) is 59.8 Å². The van der Waals surface area contributed by atoms with Crippen molar-refractivity contribution in [3.63, 3.8) is 0 Å². The number of rotatable bonds is 4. The van der Waals surface area contributed by atoms with Crippen molar-refractivity contribution in [2.75, 3.05) is 0 Å². The summed E-state index contributed by atoms with van der Waals surface area (Å²) in [6.45, 7) is 0.612. The highest BCUT2D eigenvalue weighted by molar-refractivity contribution is 7.80. The van der Waals surface area contributed by atoms with Crippen LogP contribution in [0.1, 0.15) is 16.7 Å². The summed E-state index contributed by atoms with van der Waals surface area (Å²) < 4.78 is 2.10. The fourth-order valence-corrected chi connectivity index (χ4v) is 2.68. The van der Waals surface area contributed by atoms with Gasteiger partial charge < -0.3 is 10.3 Å². The number of nitrogens with zero attached hydrogens (tertiary/aromatic N) is 3. The molecule has 0 radical (unpaired) electrons. The van der Waals surface area contributed by atoms with Crippen LogP contribution in [0.4, 0.5) is 0 Å². The molecule has 0 spiro atoms. The van der Waals surface area contributed by atoms with Gasteiger partial charge in [-0.15, -0.1) is 0 Å². The van der Waals surface area contributed by atoms with E-state index in [2.05, 4.69) is 21.2 Å². The second-order valence-electron chi connectivity index (χ2n) is 5.23. The molecule has 5 nitrogen and oxygen atoms in total. The molecule has 24 heavy (non-hydrogen) atoms. The molecule has 0 unspecified atom stereocenters. The molecule has 0 amide bonds. The summed E-state index contributed by atoms with van der Waals surface area (Å²) in [5, 5.41) is 14.5. The van der Waals surface area contributed by atoms with Crippen molar-refractivity contribution in [3.8, 4) is 6.07 Å². The van der Waals surface area contributed by atoms with E-state index >= 15 is 0 Å². The number of fused-ring (bicyclic) bond motifs is 1. The quantitative estimate of drug-likeness (QED) is 0.437. The first-order valence-electron chi connectivity index (χ1n) is 7.33. The van der Waals surface area contributed by atoms with Crippen LogP contribution >= 0.6 is 12.2 Å². The molecule has 0 aliphatic heterocycles. The van der Waals surface area contributed by atoms with Gasteiger partial charge >= 0.3 is 0 Å². The maximum atomic E-state index is 9.27. The fraction of sp³-hybridized carbons (Fsp3) is 0.0556. The van der Waals surface area contributed by atoms with Crippen molar-refractivity contribution in [2.45, 2.75) is 6.54 Å². The molecule has 0 saturated heterocycles. The Balaban J connectivity index is 2.01. The van der Waals surface area contributed by atoms with Crippen LogP contribution in [0.25, 0.3) is 10.9 Å². The number of hydrogen-bond donors (Lipinski definition) is 2. The summed E-state index contributed by atoms with van der Waals surface area (Å²) in [4.78, 5) is 0. The Bertz CT molecular complexity index is 965. The van der Waals surface area contributed by atoms with Crippen LogP contribution in [0.2, 0.25) is 0 Å². The highest BCUT2D eigenvalue weighted by Crippen LogP contribution is 2.22. The molecule has 0 atom stereocenters. The third kappa shape index (κ3) is 3.26. The Labute approximate surface area is 145 Å². The Hall–Kier alpha value is -3.17. The van der Waals surface area contributed by atoms with Crippen LogP contribution in [0.5, 0.6) is 0 Å². The zero-order valence-corrected chi connectivity index (χ0v) is 13.6. The lowest BCUT2D eigenvalue weighted by atomic mass is 10.1. The third-order valence-electron chi connectivity index (χ3n) is 3.68. The Kier molecular flexibility index (Phi) is 4.54. The van der Waals surface area contributed by atoms with Crippen LogP contribution in [0, 0.1) is 11.3 Å². The van der Waals surface area contributed by atoms with E-state index < -0.39 is 0 Å². The zero-order valence-electron chi connectivity index (χ0n) is 12.8. The average molecular weight is 333 g/mol. The monoisotopic (exact) mass is 333 g/mol. The predicted octanol–water partition coefficient (Wildman–Crippen LogP) is 2.73. The fourth-order valence-electron chi connectivity index (χ4n) is 2.63. The zero-order chi connectivity index (χ0) is 16.9. The van der Waals surface area contributed by atoms with Gasteiger partial charge in [-0.05, 0) is 29.9 Å². The van der Waals surface area contributed by atoms with Gasteiger partial charge in [-0.3, -0.25) is 5.43 Å². The molecule has 0 bridgehead atoms. The number of hydrogen-bond acceptors (Lipinski definition) is 3. The molecule has 0 aliphatic rings. The molecule has 0 saturated carbocycles. The van der Waals surface area contributed by atoms with Crippen molar-refractivity contribution >= 4 is 34.4 Å². The van der Waals surface area contributed by atoms with E-state index in [9.17, 15) is 5.26 Å². The Morgan fingerprint density at radius 3 is 2.79 bits per heavy atom. The molecule has 0 fully saturated rings. The maximum absolute atomic E-state index is 9.27. The highest BCUT2D eigenvalue weighted by Gasteiger charge is 2.09. The lowest BCUT2D eigenvalue weighted by Gasteiger charge is -2.07. The van der Waals surface area contributed by atoms with Crippen molar-refractivity contribution in [1.29, 1.82) is 5.26 Å². The van der Waals surface area contributed by atoms with Gasteiger partial charge in [-0.1, -0.05) is 36.4 Å². The number of thiocarbonyl (C=S) groups is 1. The molecule has 3 rings (SSSR count). The lowest BCUT2D eigenvalue weighted by Crippen LogP contribution is -2.23. The van der Waals surface area contributed by atoms with Gasteiger partial charge in [0.2, 0.25) is 0 Å². The van der Waals surface area contributed by atoms with Crippen LogP contribution in [0.3, 0.4) is 0 Å². The van der Waals surface area contributed by atoms with Crippen LogP contribution < -0.4 is 11.2 Å². The Morgan fingerprint density at radius 2 is 2.00 bits per heavy atom. The van der Waals surface area contributed by atoms with Gasteiger partial charge in [0, 0.05) is 29.2 Å². The standard InChI is InChI=1S/C18H15N5S/c19-9-13-5-1-2-6-14(13)11-23-12-15(10-21-22-18(20)24)16-7-3-4-8-17(16)23/h1-8,10,12H,11H2,(H3,20,22,24)/b21-10+. The van der Waals surface area contributed by atoms with E-state index in [1.807, 2.05) is 54.7 Å². The largest absolute Gasteiger partial charge is 0.375 e. The minimum Gasteiger partial charge on any atom is -0.375 e. The van der Waals surface area contributed by atoms with E-state index in [-0.39, 0.29) is 5.11 Å². The molecule has 6 heteroatoms. The van der Waals surface area contributed by atoms with E-state index in [1.54, 1.807) is 6.21 Å². The summed E-state index contributed by atoms with van der Waals surface area (Å²) in [5.41, 5.74) is 11.6. The van der Waals surface area contributed by atoms with Gasteiger partial charge in [0.05, 0.1) is 17.8 Å². The van der Waals surface area contributed by atoms with E-state index in [4.69, 9.17) is 18.0 Å². The molecule has 2 aromatic carbocycles. The van der Waals surface area contributed by atoms with Gasteiger partial charge in [-0.2, -0.15) is 10.4 Å². The Morgan fingerprint density at radius 1 is 1.25 bits per heavy atom. The van der Waals surface area contributed by atoms with Gasteiger partial charge in [0.15, 0.2) is 5.11 Å². The van der Waals surface area contributed by atoms with Crippen LogP contribution in [-0.2, 0) is 6.54 Å². The molecule has 118 valence electrons. The SMILES string of the molecule is N#Cc1ccccc1Cn1cc(/C=N/NC(N)=S)c2ccccc21. The molecular formula is C18H15N5S. The second-order valence-corrected chi connectivity index (χ2v) is 5.67. The second kappa shape index (κ2) is 6.94. The average Bonchev–Trinajstić information content (AvgIpc) is 2.93. The normalized spacial score (nSPS) is 10.8. The number of hydrazone groups is 1. The van der Waals surface area contributed by atoms with E-state index in [0.29, 0.717) is 12.1 Å². The number of nitrogens with two attached hydrogens (primary N) is 1. The number of nitrogens with one attached hydrogen (secondary N) is 1. The first kappa shape index (κ1) is 15.7. The summed E-state index contributed by atoms with van der Waals surface area (Å²) in [5.74, 6) is 0. The minimum atomic E-state index is 0.123. The lowest BCUT2D eigenvalue weighted by molar-refractivity contribution is 0.833. The highest BCUT2D eigenvalue weighted by atomic mass is 32.1. The van der Waals surface area contributed by atoms with Crippen LogP contribution in [-0.4, -0.2) is 15.9 Å². The molecule has 0 aliphatic carbocycles. The molecule has 1 aromatic heterocycles. The summed E-state index contributed by atoms with van der Waals surface area (Å²) in [6, 6.07) is 17.9. The summed E-state index contributed by atoms with van der Waals surface area (Å²) in [6.07, 6.45) is 3.69. The van der Waals surface area contributed by atoms with Crippen molar-refractivity contribution in [1.82, 2.24) is 9.99 Å². The maximum Gasteiger partial charge on any atom is 0.184 e. The topological polar surface area (TPSA) is 79.1 Å². The molecule has 3 N–H and O–H groups in total. The summed E-state index contributed by atoms with van der Waals surface area (Å²) in [7, 11) is 0. The first-order chi connectivity index (χ1) is 11.7. The third-order valence-corrected chi connectivity index (χ3v) is 3.77. The van der Waals surface area contributed by atoms with Gasteiger partial charge in [0.25, 0.3) is 0 Å². The smallest absolute Gasteiger partial charge is 0.184 e. The minimum absolute atomic E-state index is 0.123. The van der Waals surface area contributed by atoms with Crippen molar-refractivity contribution in [2.24, 2.45) is 10.8 Å². The van der Waals surface area contributed by atoms with Crippen molar-refractivity contribution in [3.05, 3.63) is 71.4 Å².